The number of rotatable bonds is 8. The largest absolute Gasteiger partial charge is 0.505 e. The van der Waals surface area contributed by atoms with E-state index in [0.717, 1.165) is 28.8 Å². The Hall–Kier alpha value is -5.50. The van der Waals surface area contributed by atoms with Crippen molar-refractivity contribution in [1.82, 2.24) is 0 Å². The molecule has 0 aliphatic heterocycles. The number of carbonyl (C=O) groups excluding carboxylic acids is 1. The predicted molar refractivity (Wildman–Crippen MR) is 152 cm³/mol. The molecule has 4 aromatic carbocycles. The van der Waals surface area contributed by atoms with Crippen molar-refractivity contribution in [3.8, 4) is 0 Å². The molecule has 4 aromatic rings. The molecule has 1 aliphatic carbocycles. The summed E-state index contributed by atoms with van der Waals surface area (Å²) in [5.74, 6) is -0.705. The van der Waals surface area contributed by atoms with Crippen molar-refractivity contribution in [2.24, 2.45) is 15.3 Å². The van der Waals surface area contributed by atoms with E-state index >= 15 is 0 Å². The standard InChI is InChI=1S/C30H24N6O2/c37-29-20-30(38)28(36-34-26-17-13-24(14-18-26)32-22-9-5-2-6-10-22)19-27(29)35-33-25-15-11-23(12-16-25)31-21-7-3-1-4-8-21/h1-20,31-33,38H. The maximum absolute atomic E-state index is 12.3. The van der Waals surface area contributed by atoms with Crippen molar-refractivity contribution in [1.29, 1.82) is 0 Å². The van der Waals surface area contributed by atoms with Crippen LogP contribution in [0.15, 0.2) is 148 Å². The lowest BCUT2D eigenvalue weighted by Gasteiger charge is -2.09. The van der Waals surface area contributed by atoms with Gasteiger partial charge in [0.2, 0.25) is 5.78 Å². The minimum atomic E-state index is -0.437. The van der Waals surface area contributed by atoms with Gasteiger partial charge in [0, 0.05) is 34.9 Å². The Kier molecular flexibility index (Phi) is 7.32. The maximum Gasteiger partial charge on any atom is 0.209 e. The van der Waals surface area contributed by atoms with E-state index in [1.807, 2.05) is 97.1 Å². The second-order valence-corrected chi connectivity index (χ2v) is 8.34. The fraction of sp³-hybridized carbons (Fsp3) is 0. The number of hydrogen-bond acceptors (Lipinski definition) is 8. The summed E-state index contributed by atoms with van der Waals surface area (Å²) >= 11 is 0. The Labute approximate surface area is 219 Å². The van der Waals surface area contributed by atoms with Crippen LogP contribution in [-0.4, -0.2) is 16.6 Å². The molecule has 0 fully saturated rings. The van der Waals surface area contributed by atoms with Crippen molar-refractivity contribution in [2.45, 2.75) is 0 Å². The molecule has 8 heteroatoms. The van der Waals surface area contributed by atoms with Crippen molar-refractivity contribution in [3.05, 3.63) is 133 Å². The zero-order valence-corrected chi connectivity index (χ0v) is 20.2. The summed E-state index contributed by atoms with van der Waals surface area (Å²) in [6.45, 7) is 0. The summed E-state index contributed by atoms with van der Waals surface area (Å²) < 4.78 is 0. The highest BCUT2D eigenvalue weighted by atomic mass is 16.3. The van der Waals surface area contributed by atoms with E-state index in [9.17, 15) is 9.90 Å². The average molecular weight is 501 g/mol. The highest BCUT2D eigenvalue weighted by Gasteiger charge is 2.18. The minimum absolute atomic E-state index is 0.102. The van der Waals surface area contributed by atoms with E-state index in [1.165, 1.54) is 6.08 Å². The molecule has 0 radical (unpaired) electrons. The number of carbonyl (C=O) groups is 1. The highest BCUT2D eigenvalue weighted by molar-refractivity contribution is 6.49. The number of nitrogens with zero attached hydrogens (tertiary/aromatic N) is 3. The number of azo groups is 1. The number of hydrazone groups is 1. The lowest BCUT2D eigenvalue weighted by atomic mass is 10.1. The van der Waals surface area contributed by atoms with Gasteiger partial charge in [0.15, 0.2) is 0 Å². The van der Waals surface area contributed by atoms with Crippen LogP contribution in [0.4, 0.5) is 34.1 Å². The average Bonchev–Trinajstić information content (AvgIpc) is 2.95. The van der Waals surface area contributed by atoms with Crippen LogP contribution in [0.25, 0.3) is 0 Å². The Morgan fingerprint density at radius 1 is 0.553 bits per heavy atom. The Morgan fingerprint density at radius 3 is 1.63 bits per heavy atom. The van der Waals surface area contributed by atoms with Crippen LogP contribution in [0.2, 0.25) is 0 Å². The van der Waals surface area contributed by atoms with E-state index in [2.05, 4.69) is 31.4 Å². The second-order valence-electron chi connectivity index (χ2n) is 8.34. The first-order valence-corrected chi connectivity index (χ1v) is 11.9. The number of benzene rings is 4. The van der Waals surface area contributed by atoms with Gasteiger partial charge in [0.25, 0.3) is 0 Å². The highest BCUT2D eigenvalue weighted by Crippen LogP contribution is 2.23. The molecule has 0 saturated carbocycles. The van der Waals surface area contributed by atoms with E-state index < -0.39 is 5.78 Å². The molecular weight excluding hydrogens is 476 g/mol. The van der Waals surface area contributed by atoms with Crippen LogP contribution < -0.4 is 16.1 Å². The topological polar surface area (TPSA) is 110 Å². The molecule has 38 heavy (non-hydrogen) atoms. The van der Waals surface area contributed by atoms with Gasteiger partial charge in [0.05, 0.1) is 11.4 Å². The summed E-state index contributed by atoms with van der Waals surface area (Å²) in [5, 5.41) is 29.3. The van der Waals surface area contributed by atoms with Gasteiger partial charge in [-0.25, -0.2) is 0 Å². The van der Waals surface area contributed by atoms with Gasteiger partial charge in [-0.3, -0.25) is 10.2 Å². The van der Waals surface area contributed by atoms with E-state index in [-0.39, 0.29) is 17.2 Å². The first-order chi connectivity index (χ1) is 18.6. The molecule has 186 valence electrons. The van der Waals surface area contributed by atoms with E-state index in [1.54, 1.807) is 12.1 Å². The van der Waals surface area contributed by atoms with E-state index in [0.29, 0.717) is 11.4 Å². The Morgan fingerprint density at radius 2 is 1.05 bits per heavy atom. The molecule has 8 nitrogen and oxygen atoms in total. The SMILES string of the molecule is O=C1C=C(O)C(N=Nc2ccc(Nc3ccccc3)cc2)=CC1=NNc1ccc(Nc2ccccc2)cc1. The number of nitrogens with one attached hydrogen (secondary N) is 3. The van der Waals surface area contributed by atoms with Gasteiger partial charge >= 0.3 is 0 Å². The number of anilines is 5. The van der Waals surface area contributed by atoms with Gasteiger partial charge in [-0.1, -0.05) is 36.4 Å². The lowest BCUT2D eigenvalue weighted by molar-refractivity contribution is -0.109. The zero-order valence-electron chi connectivity index (χ0n) is 20.2. The Bertz CT molecular complexity index is 1530. The number of aliphatic hydroxyl groups excluding tert-OH is 1. The van der Waals surface area contributed by atoms with Gasteiger partial charge in [-0.05, 0) is 72.8 Å². The van der Waals surface area contributed by atoms with Crippen molar-refractivity contribution >= 4 is 45.6 Å². The van der Waals surface area contributed by atoms with Crippen LogP contribution in [0, 0.1) is 0 Å². The first kappa shape index (κ1) is 24.2. The lowest BCUT2D eigenvalue weighted by Crippen LogP contribution is -2.16. The van der Waals surface area contributed by atoms with Crippen LogP contribution in [0.3, 0.4) is 0 Å². The van der Waals surface area contributed by atoms with Crippen molar-refractivity contribution < 1.29 is 9.90 Å². The van der Waals surface area contributed by atoms with Gasteiger partial charge in [0.1, 0.15) is 17.2 Å². The van der Waals surface area contributed by atoms with Gasteiger partial charge in [-0.15, -0.1) is 5.11 Å². The fourth-order valence-corrected chi connectivity index (χ4v) is 3.57. The van der Waals surface area contributed by atoms with Crippen LogP contribution >= 0.6 is 0 Å². The van der Waals surface area contributed by atoms with Crippen molar-refractivity contribution in [2.75, 3.05) is 16.1 Å². The molecule has 0 atom stereocenters. The molecule has 4 N–H and O–H groups in total. The quantitative estimate of drug-likeness (QED) is 0.113. The molecule has 1 aliphatic rings. The number of hydrogen-bond donors (Lipinski definition) is 4. The third-order valence-electron chi connectivity index (χ3n) is 5.51. The molecule has 0 unspecified atom stereocenters. The smallest absolute Gasteiger partial charge is 0.209 e. The molecular formula is C30H24N6O2. The molecule has 0 spiro atoms. The van der Waals surface area contributed by atoms with E-state index in [4.69, 9.17) is 0 Å². The molecule has 0 saturated heterocycles. The predicted octanol–water partition coefficient (Wildman–Crippen LogP) is 7.63. The molecule has 5 rings (SSSR count). The molecule has 0 amide bonds. The third-order valence-corrected chi connectivity index (χ3v) is 5.51. The fourth-order valence-electron chi connectivity index (χ4n) is 3.57. The number of aliphatic hydroxyl groups is 1. The monoisotopic (exact) mass is 500 g/mol. The summed E-state index contributed by atoms with van der Waals surface area (Å²) in [5.41, 5.74) is 8.20. The Balaban J connectivity index is 1.23. The zero-order chi connectivity index (χ0) is 26.2. The van der Waals surface area contributed by atoms with Crippen molar-refractivity contribution in [3.63, 3.8) is 0 Å². The third kappa shape index (κ3) is 6.38. The van der Waals surface area contributed by atoms with Crippen LogP contribution in [0.1, 0.15) is 0 Å². The summed E-state index contributed by atoms with van der Waals surface area (Å²) in [4.78, 5) is 12.3. The summed E-state index contributed by atoms with van der Waals surface area (Å²) in [6.07, 6.45) is 2.47. The summed E-state index contributed by atoms with van der Waals surface area (Å²) in [6, 6.07) is 34.5. The molecule has 0 bridgehead atoms. The minimum Gasteiger partial charge on any atom is -0.505 e. The second kappa shape index (κ2) is 11.5. The number of ketones is 1. The summed E-state index contributed by atoms with van der Waals surface area (Å²) in [7, 11) is 0. The number of allylic oxidation sites excluding steroid dienone is 2. The molecule has 0 aromatic heterocycles. The van der Waals surface area contributed by atoms with Gasteiger partial charge < -0.3 is 15.7 Å². The normalized spacial score (nSPS) is 14.2. The molecule has 0 heterocycles. The van der Waals surface area contributed by atoms with Crippen LogP contribution in [-0.2, 0) is 4.79 Å². The van der Waals surface area contributed by atoms with Crippen LogP contribution in [0.5, 0.6) is 0 Å². The van der Waals surface area contributed by atoms with Gasteiger partial charge in [-0.2, -0.15) is 10.2 Å². The maximum atomic E-state index is 12.3. The first-order valence-electron chi connectivity index (χ1n) is 11.9. The number of para-hydroxylation sites is 2.